The second-order valence-corrected chi connectivity index (χ2v) is 5.39. The van der Waals surface area contributed by atoms with Crippen molar-refractivity contribution in [1.29, 1.82) is 0 Å². The van der Waals surface area contributed by atoms with E-state index in [1.54, 1.807) is 0 Å². The smallest absolute Gasteiger partial charge is 0.338 e. The van der Waals surface area contributed by atoms with Crippen LogP contribution in [0.1, 0.15) is 0 Å². The van der Waals surface area contributed by atoms with E-state index in [1.165, 1.54) is 0 Å². The Morgan fingerprint density at radius 3 is 2.04 bits per heavy atom. The van der Waals surface area contributed by atoms with Crippen LogP contribution in [0.5, 0.6) is 0 Å². The lowest BCUT2D eigenvalue weighted by atomic mass is 9.97. The molecular formula is C12H20O11. The summed E-state index contributed by atoms with van der Waals surface area (Å²) in [5.41, 5.74) is 0. The van der Waals surface area contributed by atoms with E-state index in [-0.39, 0.29) is 0 Å². The number of esters is 1. The van der Waals surface area contributed by atoms with Crippen molar-refractivity contribution in [1.82, 2.24) is 0 Å². The zero-order valence-electron chi connectivity index (χ0n) is 11.9. The van der Waals surface area contributed by atoms with Crippen molar-refractivity contribution < 1.29 is 54.8 Å². The van der Waals surface area contributed by atoms with Gasteiger partial charge in [-0.1, -0.05) is 0 Å². The highest BCUT2D eigenvalue weighted by molar-refractivity contribution is 5.76. The summed E-state index contributed by atoms with van der Waals surface area (Å²) >= 11 is 0. The van der Waals surface area contributed by atoms with Crippen LogP contribution in [0.4, 0.5) is 0 Å². The van der Waals surface area contributed by atoms with E-state index in [0.717, 1.165) is 0 Å². The molecule has 2 fully saturated rings. The Bertz CT molecular complexity index is 414. The molecule has 2 aliphatic heterocycles. The first-order valence-electron chi connectivity index (χ1n) is 6.95. The summed E-state index contributed by atoms with van der Waals surface area (Å²) in [4.78, 5) is 11.3. The van der Waals surface area contributed by atoms with Gasteiger partial charge in [-0.3, -0.25) is 0 Å². The molecule has 2 rings (SSSR count). The largest absolute Gasteiger partial charge is 0.455 e. The van der Waals surface area contributed by atoms with Crippen molar-refractivity contribution >= 4 is 5.97 Å². The number of ether oxygens (including phenoxy) is 3. The molecule has 0 aliphatic carbocycles. The Hall–Kier alpha value is -0.890. The SMILES string of the molecule is O=C1OC(CO)C(OC2OC(CO)C(O)C(O)C2O)C(O)C1O. The minimum Gasteiger partial charge on any atom is -0.455 e. The van der Waals surface area contributed by atoms with Gasteiger partial charge in [0, 0.05) is 0 Å². The Balaban J connectivity index is 2.13. The van der Waals surface area contributed by atoms with Crippen molar-refractivity contribution in [2.75, 3.05) is 13.2 Å². The second-order valence-electron chi connectivity index (χ2n) is 5.39. The van der Waals surface area contributed by atoms with Gasteiger partial charge in [0.05, 0.1) is 13.2 Å². The Morgan fingerprint density at radius 2 is 1.48 bits per heavy atom. The van der Waals surface area contributed by atoms with E-state index in [2.05, 4.69) is 4.74 Å². The van der Waals surface area contributed by atoms with E-state index < -0.39 is 74.3 Å². The van der Waals surface area contributed by atoms with Gasteiger partial charge in [0.2, 0.25) is 0 Å². The molecule has 0 bridgehead atoms. The Kier molecular flexibility index (Phi) is 5.89. The summed E-state index contributed by atoms with van der Waals surface area (Å²) in [6.07, 6.45) is -14.4. The molecule has 9 unspecified atom stereocenters. The van der Waals surface area contributed by atoms with Crippen LogP contribution in [0.2, 0.25) is 0 Å². The maximum atomic E-state index is 11.3. The first kappa shape index (κ1) is 18.4. The molecule has 2 saturated heterocycles. The number of hydrogen-bond acceptors (Lipinski definition) is 11. The van der Waals surface area contributed by atoms with Crippen LogP contribution in [-0.4, -0.2) is 110 Å². The van der Waals surface area contributed by atoms with Gasteiger partial charge in [-0.05, 0) is 0 Å². The summed E-state index contributed by atoms with van der Waals surface area (Å²) in [5.74, 6) is -1.15. The molecule has 0 saturated carbocycles. The number of carbonyl (C=O) groups excluding carboxylic acids is 1. The molecule has 2 heterocycles. The van der Waals surface area contributed by atoms with Crippen molar-refractivity contribution in [2.24, 2.45) is 0 Å². The van der Waals surface area contributed by atoms with Crippen molar-refractivity contribution in [3.05, 3.63) is 0 Å². The van der Waals surface area contributed by atoms with E-state index >= 15 is 0 Å². The fraction of sp³-hybridized carbons (Fsp3) is 0.917. The number of aliphatic hydroxyl groups excluding tert-OH is 7. The van der Waals surface area contributed by atoms with Gasteiger partial charge < -0.3 is 50.0 Å². The Labute approximate surface area is 130 Å². The van der Waals surface area contributed by atoms with Gasteiger partial charge in [0.15, 0.2) is 18.5 Å². The van der Waals surface area contributed by atoms with E-state index in [1.807, 2.05) is 0 Å². The van der Waals surface area contributed by atoms with Gasteiger partial charge in [0.25, 0.3) is 0 Å². The minimum absolute atomic E-state index is 0.681. The first-order valence-corrected chi connectivity index (χ1v) is 6.95. The normalized spacial score (nSPS) is 48.1. The third kappa shape index (κ3) is 3.47. The molecule has 2 aliphatic rings. The maximum Gasteiger partial charge on any atom is 0.338 e. The third-order valence-electron chi connectivity index (χ3n) is 3.86. The zero-order valence-corrected chi connectivity index (χ0v) is 11.9. The molecule has 134 valence electrons. The molecule has 23 heavy (non-hydrogen) atoms. The van der Waals surface area contributed by atoms with Gasteiger partial charge in [-0.15, -0.1) is 0 Å². The van der Waals surface area contributed by atoms with Crippen LogP contribution in [0.25, 0.3) is 0 Å². The molecule has 11 nitrogen and oxygen atoms in total. The summed E-state index contributed by atoms with van der Waals surface area (Å²) in [6.45, 7) is -1.42. The molecule has 11 heteroatoms. The lowest BCUT2D eigenvalue weighted by Crippen LogP contribution is -2.63. The average molecular weight is 340 g/mol. The quantitative estimate of drug-likeness (QED) is 0.242. The fourth-order valence-corrected chi connectivity index (χ4v) is 2.47. The highest BCUT2D eigenvalue weighted by atomic mass is 16.7. The molecule has 0 spiro atoms. The second kappa shape index (κ2) is 7.34. The third-order valence-corrected chi connectivity index (χ3v) is 3.86. The molecule has 0 amide bonds. The maximum absolute atomic E-state index is 11.3. The highest BCUT2D eigenvalue weighted by Crippen LogP contribution is 2.27. The molecule has 7 N–H and O–H groups in total. The zero-order chi connectivity index (χ0) is 17.3. The summed E-state index contributed by atoms with van der Waals surface area (Å²) < 4.78 is 15.0. The predicted molar refractivity (Wildman–Crippen MR) is 67.6 cm³/mol. The standard InChI is InChI=1S/C12H20O11/c13-1-3-5(15)6(16)9(19)12(22-3)23-10-4(2-14)21-11(20)8(18)7(10)17/h3-10,12-19H,1-2H2. The fourth-order valence-electron chi connectivity index (χ4n) is 2.47. The number of hydrogen-bond donors (Lipinski definition) is 7. The lowest BCUT2D eigenvalue weighted by Gasteiger charge is -2.43. The van der Waals surface area contributed by atoms with Crippen LogP contribution in [0, 0.1) is 0 Å². The van der Waals surface area contributed by atoms with E-state index in [4.69, 9.17) is 14.6 Å². The van der Waals surface area contributed by atoms with Crippen molar-refractivity contribution in [3.63, 3.8) is 0 Å². The van der Waals surface area contributed by atoms with Crippen molar-refractivity contribution in [3.8, 4) is 0 Å². The number of carbonyl (C=O) groups is 1. The highest BCUT2D eigenvalue weighted by Gasteiger charge is 2.50. The van der Waals surface area contributed by atoms with Crippen LogP contribution in [0.15, 0.2) is 0 Å². The molecule has 0 aromatic rings. The monoisotopic (exact) mass is 340 g/mol. The van der Waals surface area contributed by atoms with Crippen LogP contribution in [0.3, 0.4) is 0 Å². The van der Waals surface area contributed by atoms with Crippen LogP contribution < -0.4 is 0 Å². The topological polar surface area (TPSA) is 186 Å². The molecule has 0 aromatic heterocycles. The molecule has 0 aromatic carbocycles. The van der Waals surface area contributed by atoms with Gasteiger partial charge in [0.1, 0.15) is 36.6 Å². The van der Waals surface area contributed by atoms with E-state index in [0.29, 0.717) is 0 Å². The molecule has 0 radical (unpaired) electrons. The van der Waals surface area contributed by atoms with Crippen LogP contribution in [-0.2, 0) is 19.0 Å². The number of aliphatic hydroxyl groups is 7. The lowest BCUT2D eigenvalue weighted by molar-refractivity contribution is -0.331. The summed E-state index contributed by atoms with van der Waals surface area (Å²) in [5, 5.41) is 66.8. The first-order chi connectivity index (χ1) is 10.8. The predicted octanol–water partition coefficient (Wildman–Crippen LogP) is -5.19. The van der Waals surface area contributed by atoms with Crippen molar-refractivity contribution in [2.45, 2.75) is 55.1 Å². The molecular weight excluding hydrogens is 320 g/mol. The summed E-state index contributed by atoms with van der Waals surface area (Å²) in [7, 11) is 0. The average Bonchev–Trinajstić information content (AvgIpc) is 2.55. The van der Waals surface area contributed by atoms with Gasteiger partial charge >= 0.3 is 5.97 Å². The number of cyclic esters (lactones) is 1. The summed E-state index contributed by atoms with van der Waals surface area (Å²) in [6, 6.07) is 0. The minimum atomic E-state index is -1.92. The van der Waals surface area contributed by atoms with E-state index in [9.17, 15) is 35.4 Å². The Morgan fingerprint density at radius 1 is 0.870 bits per heavy atom. The molecule has 9 atom stereocenters. The van der Waals surface area contributed by atoms with Crippen LogP contribution >= 0.6 is 0 Å². The number of rotatable bonds is 4. The van der Waals surface area contributed by atoms with Gasteiger partial charge in [-0.2, -0.15) is 0 Å². The van der Waals surface area contributed by atoms with Gasteiger partial charge in [-0.25, -0.2) is 4.79 Å².